The van der Waals surface area contributed by atoms with Crippen LogP contribution in [0.3, 0.4) is 0 Å². The third-order valence-corrected chi connectivity index (χ3v) is 5.93. The van der Waals surface area contributed by atoms with E-state index < -0.39 is 0 Å². The van der Waals surface area contributed by atoms with Gasteiger partial charge in [-0.15, -0.1) is 0 Å². The van der Waals surface area contributed by atoms with Gasteiger partial charge in [0.05, 0.1) is 33.6 Å². The molecule has 1 aromatic heterocycles. The molecule has 2 aromatic carbocycles. The van der Waals surface area contributed by atoms with E-state index in [2.05, 4.69) is 10.4 Å². The molecule has 0 fully saturated rings. The fourth-order valence-electron chi connectivity index (χ4n) is 4.51. The number of hydrogen-bond acceptors (Lipinski definition) is 6. The average molecular weight is 450 g/mol. The minimum absolute atomic E-state index is 0.150. The molecule has 3 aromatic rings. The number of amides is 1. The Balaban J connectivity index is 2.07. The van der Waals surface area contributed by atoms with Crippen LogP contribution in [0.2, 0.25) is 0 Å². The van der Waals surface area contributed by atoms with Crippen LogP contribution in [-0.4, -0.2) is 37.0 Å². The first-order chi connectivity index (χ1) is 15.9. The van der Waals surface area contributed by atoms with Crippen molar-refractivity contribution in [3.05, 3.63) is 58.0 Å². The number of carbonyl (C=O) groups is 1. The van der Waals surface area contributed by atoms with Gasteiger partial charge in [-0.05, 0) is 47.7 Å². The van der Waals surface area contributed by atoms with Gasteiger partial charge in [0.25, 0.3) is 0 Å². The summed E-state index contributed by atoms with van der Waals surface area (Å²) in [7, 11) is 6.53. The second-order valence-corrected chi connectivity index (χ2v) is 8.00. The van der Waals surface area contributed by atoms with Gasteiger partial charge >= 0.3 is 0 Å². The number of benzene rings is 1. The van der Waals surface area contributed by atoms with E-state index >= 15 is 0 Å². The molecular weight excluding hydrogens is 422 g/mol. The zero-order chi connectivity index (χ0) is 23.7. The molecule has 0 spiro atoms. The zero-order valence-electron chi connectivity index (χ0n) is 19.4. The zero-order valence-corrected chi connectivity index (χ0v) is 19.4. The molecule has 0 bridgehead atoms. The van der Waals surface area contributed by atoms with Crippen LogP contribution >= 0.6 is 0 Å². The van der Waals surface area contributed by atoms with Crippen molar-refractivity contribution in [2.24, 2.45) is 7.05 Å². The number of ether oxygens (including phenoxy) is 3. The minimum Gasteiger partial charge on any atom is -0.493 e. The predicted molar refractivity (Wildman–Crippen MR) is 125 cm³/mol. The second kappa shape index (κ2) is 8.97. The normalized spacial score (nSPS) is 14.5. The highest BCUT2D eigenvalue weighted by Gasteiger charge is 2.29. The van der Waals surface area contributed by atoms with Gasteiger partial charge in [0.2, 0.25) is 11.7 Å². The number of aromatic nitrogens is 2. The Morgan fingerprint density at radius 2 is 1.82 bits per heavy atom. The van der Waals surface area contributed by atoms with Crippen LogP contribution in [0.1, 0.15) is 30.5 Å². The molecule has 1 aliphatic carbocycles. The third-order valence-electron chi connectivity index (χ3n) is 5.93. The number of hydrogen-bond donors (Lipinski definition) is 1. The molecule has 4 rings (SSSR count). The number of fused-ring (bicyclic) bond motifs is 3. The number of nitrogens with one attached hydrogen (secondary N) is 1. The summed E-state index contributed by atoms with van der Waals surface area (Å²) in [5.74, 6) is 1.40. The topological polar surface area (TPSA) is 91.7 Å². The monoisotopic (exact) mass is 449 g/mol. The lowest BCUT2D eigenvalue weighted by Gasteiger charge is -2.19. The summed E-state index contributed by atoms with van der Waals surface area (Å²) in [5.41, 5.74) is 4.44. The molecule has 8 nitrogen and oxygen atoms in total. The summed E-state index contributed by atoms with van der Waals surface area (Å²) in [4.78, 5) is 25.3. The molecule has 1 N–H and O–H groups in total. The summed E-state index contributed by atoms with van der Waals surface area (Å²) in [6.45, 7) is 1.48. The van der Waals surface area contributed by atoms with Crippen molar-refractivity contribution in [1.82, 2.24) is 15.1 Å². The van der Waals surface area contributed by atoms with E-state index in [0.29, 0.717) is 35.7 Å². The largest absolute Gasteiger partial charge is 0.493 e. The van der Waals surface area contributed by atoms with E-state index in [9.17, 15) is 9.59 Å². The maximum Gasteiger partial charge on any atom is 0.217 e. The van der Waals surface area contributed by atoms with E-state index in [-0.39, 0.29) is 17.4 Å². The first-order valence-electron chi connectivity index (χ1n) is 10.6. The molecule has 1 aliphatic rings. The highest BCUT2D eigenvalue weighted by atomic mass is 16.5. The van der Waals surface area contributed by atoms with Gasteiger partial charge < -0.3 is 19.5 Å². The molecular formula is C25H27N3O5. The average Bonchev–Trinajstić information content (AvgIpc) is 3.07. The first-order valence-corrected chi connectivity index (χ1v) is 10.6. The van der Waals surface area contributed by atoms with Gasteiger partial charge in [-0.2, -0.15) is 5.10 Å². The quantitative estimate of drug-likeness (QED) is 0.643. The Kier molecular flexibility index (Phi) is 6.09. The maximum atomic E-state index is 13.3. The molecule has 0 saturated heterocycles. The van der Waals surface area contributed by atoms with Gasteiger partial charge in [0, 0.05) is 36.9 Å². The van der Waals surface area contributed by atoms with E-state index in [1.807, 2.05) is 12.1 Å². The van der Waals surface area contributed by atoms with Crippen LogP contribution in [0.15, 0.2) is 41.5 Å². The lowest BCUT2D eigenvalue weighted by atomic mass is 9.95. The summed E-state index contributed by atoms with van der Waals surface area (Å²) in [6.07, 6.45) is 4.73. The van der Waals surface area contributed by atoms with Crippen LogP contribution < -0.4 is 25.0 Å². The van der Waals surface area contributed by atoms with Crippen LogP contribution in [0.5, 0.6) is 17.2 Å². The highest BCUT2D eigenvalue weighted by Crippen LogP contribution is 2.50. The fraction of sp³-hybridized carbons (Fsp3) is 0.320. The molecule has 172 valence electrons. The van der Waals surface area contributed by atoms with E-state index in [4.69, 9.17) is 14.2 Å². The molecule has 1 atom stereocenters. The SMILES string of the molecule is COc1cc2c(c(OC)c1OC)-c1ccc(-c3cnn(C)c3)c(=O)cc1[C@@H](NC(C)=O)CC2. The summed E-state index contributed by atoms with van der Waals surface area (Å²) < 4.78 is 18.6. The van der Waals surface area contributed by atoms with Crippen molar-refractivity contribution < 1.29 is 19.0 Å². The molecule has 1 amide bonds. The highest BCUT2D eigenvalue weighted by molar-refractivity contribution is 5.84. The Labute approximate surface area is 192 Å². The fourth-order valence-corrected chi connectivity index (χ4v) is 4.51. The van der Waals surface area contributed by atoms with Crippen LogP contribution in [-0.2, 0) is 18.3 Å². The van der Waals surface area contributed by atoms with Crippen molar-refractivity contribution in [3.63, 3.8) is 0 Å². The molecule has 0 aliphatic heterocycles. The molecule has 33 heavy (non-hydrogen) atoms. The van der Waals surface area contributed by atoms with Crippen molar-refractivity contribution >= 4 is 5.91 Å². The third kappa shape index (κ3) is 4.04. The van der Waals surface area contributed by atoms with E-state index in [1.165, 1.54) is 6.92 Å². The van der Waals surface area contributed by atoms with Crippen molar-refractivity contribution in [2.75, 3.05) is 21.3 Å². The predicted octanol–water partition coefficient (Wildman–Crippen LogP) is 3.26. The lowest BCUT2D eigenvalue weighted by molar-refractivity contribution is -0.119. The molecule has 0 unspecified atom stereocenters. The van der Waals surface area contributed by atoms with Gasteiger partial charge in [-0.1, -0.05) is 6.07 Å². The second-order valence-electron chi connectivity index (χ2n) is 8.00. The number of nitrogens with zero attached hydrogens (tertiary/aromatic N) is 2. The number of carbonyl (C=O) groups excluding carboxylic acids is 1. The van der Waals surface area contributed by atoms with Crippen molar-refractivity contribution in [2.45, 2.75) is 25.8 Å². The van der Waals surface area contributed by atoms with E-state index in [0.717, 1.165) is 27.8 Å². The minimum atomic E-state index is -0.339. The summed E-state index contributed by atoms with van der Waals surface area (Å²) in [6, 6.07) is 6.92. The van der Waals surface area contributed by atoms with Gasteiger partial charge in [0.1, 0.15) is 0 Å². The van der Waals surface area contributed by atoms with Gasteiger partial charge in [0.15, 0.2) is 16.9 Å². The smallest absolute Gasteiger partial charge is 0.217 e. The van der Waals surface area contributed by atoms with Crippen molar-refractivity contribution in [3.8, 4) is 39.5 Å². The Bertz CT molecular complexity index is 1280. The Morgan fingerprint density at radius 3 is 2.42 bits per heavy atom. The van der Waals surface area contributed by atoms with Crippen molar-refractivity contribution in [1.29, 1.82) is 0 Å². The van der Waals surface area contributed by atoms with Gasteiger partial charge in [-0.3, -0.25) is 14.3 Å². The number of aryl methyl sites for hydroxylation is 2. The van der Waals surface area contributed by atoms with Gasteiger partial charge in [-0.25, -0.2) is 0 Å². The van der Waals surface area contributed by atoms with Crippen LogP contribution in [0, 0.1) is 0 Å². The number of methoxy groups -OCH3 is 3. The van der Waals surface area contributed by atoms with E-state index in [1.54, 1.807) is 57.6 Å². The molecule has 1 heterocycles. The molecule has 0 saturated carbocycles. The van der Waals surface area contributed by atoms with Crippen LogP contribution in [0.4, 0.5) is 0 Å². The first kappa shape index (κ1) is 22.4. The molecule has 8 heteroatoms. The lowest BCUT2D eigenvalue weighted by Crippen LogP contribution is -2.26. The summed E-state index contributed by atoms with van der Waals surface area (Å²) in [5, 5.41) is 7.21. The Morgan fingerprint density at radius 1 is 1.09 bits per heavy atom. The van der Waals surface area contributed by atoms with Crippen LogP contribution in [0.25, 0.3) is 22.3 Å². The Hall–Kier alpha value is -3.81. The molecule has 0 radical (unpaired) electrons. The maximum absolute atomic E-state index is 13.3. The standard InChI is InChI=1S/C25H27N3O5/c1-14(29)27-20-9-6-15-10-22(31-3)24(32-4)25(33-5)23(15)18-8-7-17(21(30)11-19(18)20)16-12-26-28(2)13-16/h7-8,10-13,20H,6,9H2,1-5H3,(H,27,29)/t20-/m0/s1. The number of rotatable bonds is 5. The summed E-state index contributed by atoms with van der Waals surface area (Å²) >= 11 is 0.